The summed E-state index contributed by atoms with van der Waals surface area (Å²) in [6, 6.07) is 11.8. The van der Waals surface area contributed by atoms with Gasteiger partial charge < -0.3 is 15.4 Å². The van der Waals surface area contributed by atoms with E-state index in [-0.39, 0.29) is 5.92 Å². The number of nitrogens with zero attached hydrogens (tertiary/aromatic N) is 2. The first-order valence-electron chi connectivity index (χ1n) is 7.73. The van der Waals surface area contributed by atoms with Crippen molar-refractivity contribution in [1.82, 2.24) is 4.90 Å². The Hall–Kier alpha value is -2.08. The molecule has 2 atom stereocenters. The highest BCUT2D eigenvalue weighted by atomic mass is 32.1. The molecule has 1 aromatic carbocycles. The minimum atomic E-state index is -0.770. The van der Waals surface area contributed by atoms with Gasteiger partial charge in [0.2, 0.25) is 0 Å². The Balaban J connectivity index is 2.47. The van der Waals surface area contributed by atoms with Gasteiger partial charge in [0.05, 0.1) is 0 Å². The molecule has 0 saturated carbocycles. The van der Waals surface area contributed by atoms with Gasteiger partial charge in [0, 0.05) is 24.9 Å². The van der Waals surface area contributed by atoms with Gasteiger partial charge in [-0.25, -0.2) is 4.99 Å². The van der Waals surface area contributed by atoms with Crippen LogP contribution in [0.4, 0.5) is 0 Å². The molecule has 0 bridgehead atoms. The normalized spacial score (nSPS) is 15.5. The zero-order valence-corrected chi connectivity index (χ0v) is 15.1. The summed E-state index contributed by atoms with van der Waals surface area (Å²) < 4.78 is 0. The Labute approximate surface area is 148 Å². The zero-order valence-electron chi connectivity index (χ0n) is 14.3. The van der Waals surface area contributed by atoms with Crippen LogP contribution in [0, 0.1) is 5.92 Å². The van der Waals surface area contributed by atoms with Crippen LogP contribution < -0.4 is 11.2 Å². The topological polar surface area (TPSA) is 58.7 Å². The molecule has 0 fully saturated rings. The van der Waals surface area contributed by atoms with Crippen LogP contribution >= 0.6 is 11.3 Å². The van der Waals surface area contributed by atoms with Crippen molar-refractivity contribution in [2.45, 2.75) is 18.9 Å². The van der Waals surface area contributed by atoms with E-state index in [1.807, 2.05) is 62.8 Å². The Morgan fingerprint density at radius 1 is 1.42 bits per heavy atom. The van der Waals surface area contributed by atoms with Crippen molar-refractivity contribution in [2.75, 3.05) is 14.1 Å². The number of hydrogen-bond acceptors (Lipinski definition) is 3. The molecule has 24 heavy (non-hydrogen) atoms. The van der Waals surface area contributed by atoms with Gasteiger partial charge in [-0.05, 0) is 24.3 Å². The molecule has 0 aliphatic carbocycles. The van der Waals surface area contributed by atoms with Gasteiger partial charge in [-0.1, -0.05) is 41.9 Å². The lowest BCUT2D eigenvalue weighted by Crippen LogP contribution is -2.39. The maximum atomic E-state index is 11.9. The summed E-state index contributed by atoms with van der Waals surface area (Å²) in [5.41, 5.74) is 7.05. The fourth-order valence-electron chi connectivity index (χ4n) is 2.52. The van der Waals surface area contributed by atoms with Gasteiger partial charge in [-0.2, -0.15) is 0 Å². The average Bonchev–Trinajstić information content (AvgIpc) is 3.00. The molecule has 1 heterocycles. The zero-order chi connectivity index (χ0) is 17.7. The number of rotatable bonds is 6. The lowest BCUT2D eigenvalue weighted by atomic mass is 9.80. The van der Waals surface area contributed by atoms with Gasteiger partial charge in [0.1, 0.15) is 19.7 Å². The number of guanidine groups is 1. The molecule has 6 heteroatoms. The van der Waals surface area contributed by atoms with Crippen LogP contribution in [-0.4, -0.2) is 39.1 Å². The fourth-order valence-corrected chi connectivity index (χ4v) is 3.49. The number of carbonyl (C=O) groups excluding carboxylic acids is 1. The molecule has 2 rings (SSSR count). The number of aliphatic imine (C=N–C) groups is 1. The van der Waals surface area contributed by atoms with Crippen molar-refractivity contribution < 1.29 is 4.79 Å². The first kappa shape index (κ1) is 18.3. The first-order chi connectivity index (χ1) is 11.4. The molecule has 2 N–H and O–H groups in total. The standard InChI is InChI=1S/C18H22BN3OS/c1-18(21-17(20)22(2)3,16-10-15(19)12-24-16)14(11-23)9-13-7-5-4-6-8-13/h4-8,10-12,14H,9H2,1-3H3,(H2,20,21). The molecule has 1 aromatic heterocycles. The predicted molar refractivity (Wildman–Crippen MR) is 102 cm³/mol. The second-order valence-corrected chi connectivity index (χ2v) is 7.10. The average molecular weight is 339 g/mol. The van der Waals surface area contributed by atoms with Crippen LogP contribution in [0.5, 0.6) is 0 Å². The van der Waals surface area contributed by atoms with Crippen LogP contribution in [0.15, 0.2) is 46.8 Å². The lowest BCUT2D eigenvalue weighted by Gasteiger charge is -2.31. The van der Waals surface area contributed by atoms with Gasteiger partial charge in [-0.3, -0.25) is 0 Å². The second-order valence-electron chi connectivity index (χ2n) is 6.19. The predicted octanol–water partition coefficient (Wildman–Crippen LogP) is 1.69. The van der Waals surface area contributed by atoms with Crippen molar-refractivity contribution in [3.05, 3.63) is 52.2 Å². The molecular weight excluding hydrogens is 317 g/mol. The van der Waals surface area contributed by atoms with E-state index in [1.165, 1.54) is 11.3 Å². The monoisotopic (exact) mass is 339 g/mol. The third kappa shape index (κ3) is 4.06. The minimum Gasteiger partial charge on any atom is -0.370 e. The van der Waals surface area contributed by atoms with E-state index in [4.69, 9.17) is 18.6 Å². The van der Waals surface area contributed by atoms with E-state index in [0.29, 0.717) is 17.8 Å². The third-order valence-electron chi connectivity index (χ3n) is 4.11. The second kappa shape index (κ2) is 7.66. The van der Waals surface area contributed by atoms with E-state index in [0.717, 1.165) is 16.7 Å². The summed E-state index contributed by atoms with van der Waals surface area (Å²) in [6.45, 7) is 1.94. The Morgan fingerprint density at radius 3 is 2.58 bits per heavy atom. The summed E-state index contributed by atoms with van der Waals surface area (Å²) in [6.07, 6.45) is 1.55. The molecular formula is C18H22BN3OS. The molecule has 2 unspecified atom stereocenters. The van der Waals surface area contributed by atoms with Gasteiger partial charge in [0.15, 0.2) is 5.96 Å². The van der Waals surface area contributed by atoms with E-state index >= 15 is 0 Å². The summed E-state index contributed by atoms with van der Waals surface area (Å²) in [5.74, 6) is 0.0285. The minimum absolute atomic E-state index is 0.351. The smallest absolute Gasteiger partial charge is 0.191 e. The number of hydrogen-bond donors (Lipinski definition) is 1. The Morgan fingerprint density at radius 2 is 2.08 bits per heavy atom. The van der Waals surface area contributed by atoms with Crippen molar-refractivity contribution >= 4 is 36.9 Å². The van der Waals surface area contributed by atoms with E-state index in [9.17, 15) is 4.79 Å². The Bertz CT molecular complexity index is 714. The molecule has 0 spiro atoms. The maximum Gasteiger partial charge on any atom is 0.191 e. The molecule has 0 amide bonds. The molecule has 4 nitrogen and oxygen atoms in total. The number of benzene rings is 1. The van der Waals surface area contributed by atoms with Crippen LogP contribution in [0.2, 0.25) is 0 Å². The maximum absolute atomic E-state index is 11.9. The van der Waals surface area contributed by atoms with E-state index < -0.39 is 5.54 Å². The summed E-state index contributed by atoms with van der Waals surface area (Å²) in [4.78, 5) is 19.3. The summed E-state index contributed by atoms with van der Waals surface area (Å²) >= 11 is 1.50. The largest absolute Gasteiger partial charge is 0.370 e. The van der Waals surface area contributed by atoms with Crippen molar-refractivity contribution in [3.8, 4) is 0 Å². The number of nitrogens with two attached hydrogens (primary N) is 1. The number of aldehydes is 1. The van der Waals surface area contributed by atoms with Crippen molar-refractivity contribution in [1.29, 1.82) is 0 Å². The molecule has 0 aliphatic rings. The summed E-state index contributed by atoms with van der Waals surface area (Å²) in [7, 11) is 9.55. The van der Waals surface area contributed by atoms with E-state index in [2.05, 4.69) is 0 Å². The SMILES string of the molecule is [B]c1csc(C(C)(N=C(N)N(C)C)C(C=O)Cc2ccccc2)c1. The number of carbonyl (C=O) groups is 1. The van der Waals surface area contributed by atoms with Gasteiger partial charge >= 0.3 is 0 Å². The van der Waals surface area contributed by atoms with Crippen LogP contribution in [0.1, 0.15) is 17.4 Å². The Kier molecular flexibility index (Phi) is 5.83. The molecule has 0 saturated heterocycles. The van der Waals surface area contributed by atoms with Gasteiger partial charge in [-0.15, -0.1) is 11.3 Å². The highest BCUT2D eigenvalue weighted by molar-refractivity contribution is 7.11. The van der Waals surface area contributed by atoms with Crippen molar-refractivity contribution in [3.63, 3.8) is 0 Å². The van der Waals surface area contributed by atoms with E-state index in [1.54, 1.807) is 4.90 Å². The molecule has 124 valence electrons. The van der Waals surface area contributed by atoms with Crippen LogP contribution in [0.25, 0.3) is 0 Å². The molecule has 2 radical (unpaired) electrons. The van der Waals surface area contributed by atoms with Crippen LogP contribution in [0.3, 0.4) is 0 Å². The third-order valence-corrected chi connectivity index (χ3v) is 5.28. The van der Waals surface area contributed by atoms with Crippen molar-refractivity contribution in [2.24, 2.45) is 16.6 Å². The summed E-state index contributed by atoms with van der Waals surface area (Å²) in [5, 5.41) is 1.86. The molecule has 0 aliphatic heterocycles. The van der Waals surface area contributed by atoms with Gasteiger partial charge in [0.25, 0.3) is 0 Å². The quantitative estimate of drug-likeness (QED) is 0.377. The number of thiophene rings is 1. The molecule has 2 aromatic rings. The lowest BCUT2D eigenvalue weighted by molar-refractivity contribution is -0.112. The highest BCUT2D eigenvalue weighted by Crippen LogP contribution is 2.37. The fraction of sp³-hybridized carbons (Fsp3) is 0.333. The highest BCUT2D eigenvalue weighted by Gasteiger charge is 2.37. The first-order valence-corrected chi connectivity index (χ1v) is 8.61. The van der Waals surface area contributed by atoms with Crippen LogP contribution in [-0.2, 0) is 16.8 Å².